The third-order valence-electron chi connectivity index (χ3n) is 4.02. The minimum atomic E-state index is -0.473. The Hall–Kier alpha value is -3.10. The molecule has 0 unspecified atom stereocenters. The number of ether oxygens (including phenoxy) is 1. The fraction of sp³-hybridized carbons (Fsp3) is 0.250. The van der Waals surface area contributed by atoms with Gasteiger partial charge in [-0.1, -0.05) is 17.7 Å². The second-order valence-electron chi connectivity index (χ2n) is 6.60. The fourth-order valence-corrected chi connectivity index (χ4v) is 2.73. The van der Waals surface area contributed by atoms with Crippen molar-refractivity contribution in [2.75, 3.05) is 38.3 Å². The lowest BCUT2D eigenvalue weighted by molar-refractivity contribution is 0.102. The van der Waals surface area contributed by atoms with Crippen molar-refractivity contribution < 1.29 is 13.9 Å². The van der Waals surface area contributed by atoms with Crippen molar-refractivity contribution >= 4 is 29.2 Å². The van der Waals surface area contributed by atoms with E-state index < -0.39 is 5.91 Å². The van der Waals surface area contributed by atoms with Crippen LogP contribution in [0.15, 0.2) is 47.2 Å². The highest BCUT2D eigenvalue weighted by atomic mass is 35.5. The van der Waals surface area contributed by atoms with Gasteiger partial charge in [0.25, 0.3) is 11.9 Å². The summed E-state index contributed by atoms with van der Waals surface area (Å²) in [6, 6.07) is 8.90. The number of nitrogens with one attached hydrogen (secondary N) is 1. The molecule has 3 rings (SSSR count). The molecule has 9 heteroatoms. The van der Waals surface area contributed by atoms with Crippen molar-refractivity contribution in [3.8, 4) is 17.0 Å². The summed E-state index contributed by atoms with van der Waals surface area (Å²) >= 11 is 6.21. The van der Waals surface area contributed by atoms with Crippen LogP contribution in [0, 0.1) is 0 Å². The number of hydrogen-bond acceptors (Lipinski definition) is 7. The second-order valence-corrected chi connectivity index (χ2v) is 7.01. The number of oxazole rings is 1. The average molecular weight is 416 g/mol. The standard InChI is InChI=1S/C20H22ClN5O3/c1-26(2)8-3-9-28-14-5-7-16(23-11-14)13-4-6-15(21)17(10-13)24-19(27)18-12-29-20(22)25-18/h4-7,10-12H,3,8-9H2,1-2H3,(H2,22,25)(H,24,27). The summed E-state index contributed by atoms with van der Waals surface area (Å²) in [6.45, 7) is 1.59. The van der Waals surface area contributed by atoms with Crippen molar-refractivity contribution in [3.05, 3.63) is 53.5 Å². The van der Waals surface area contributed by atoms with E-state index in [0.717, 1.165) is 24.2 Å². The van der Waals surface area contributed by atoms with Gasteiger partial charge in [0.15, 0.2) is 5.69 Å². The molecule has 0 atom stereocenters. The SMILES string of the molecule is CN(C)CCCOc1ccc(-c2ccc(Cl)c(NC(=O)c3coc(N)n3)c2)nc1. The summed E-state index contributed by atoms with van der Waals surface area (Å²) in [5.41, 5.74) is 7.42. The Morgan fingerprint density at radius 3 is 2.79 bits per heavy atom. The van der Waals surface area contributed by atoms with Crippen molar-refractivity contribution in [2.24, 2.45) is 0 Å². The van der Waals surface area contributed by atoms with E-state index in [1.54, 1.807) is 18.3 Å². The molecule has 8 nitrogen and oxygen atoms in total. The number of carbonyl (C=O) groups excluding carboxylic acids is 1. The van der Waals surface area contributed by atoms with Crippen LogP contribution in [-0.2, 0) is 0 Å². The number of aromatic nitrogens is 2. The average Bonchev–Trinajstić information content (AvgIpc) is 3.14. The summed E-state index contributed by atoms with van der Waals surface area (Å²) in [5.74, 6) is 0.234. The van der Waals surface area contributed by atoms with Crippen LogP contribution < -0.4 is 15.8 Å². The number of carbonyl (C=O) groups is 1. The van der Waals surface area contributed by atoms with Crippen molar-refractivity contribution in [1.82, 2.24) is 14.9 Å². The Labute approximate surface area is 173 Å². The van der Waals surface area contributed by atoms with Gasteiger partial charge in [-0.3, -0.25) is 9.78 Å². The molecule has 0 aliphatic heterocycles. The molecule has 3 aromatic rings. The first-order chi connectivity index (χ1) is 13.9. The lowest BCUT2D eigenvalue weighted by Gasteiger charge is -2.11. The van der Waals surface area contributed by atoms with E-state index in [1.807, 2.05) is 32.3 Å². The van der Waals surface area contributed by atoms with Gasteiger partial charge in [-0.2, -0.15) is 4.98 Å². The first-order valence-corrected chi connectivity index (χ1v) is 9.36. The number of nitrogen functional groups attached to an aromatic ring is 1. The number of nitrogens with zero attached hydrogens (tertiary/aromatic N) is 3. The molecule has 0 spiro atoms. The molecule has 0 saturated heterocycles. The van der Waals surface area contributed by atoms with E-state index in [0.29, 0.717) is 23.1 Å². The summed E-state index contributed by atoms with van der Waals surface area (Å²) in [6.07, 6.45) is 3.80. The van der Waals surface area contributed by atoms with Crippen LogP contribution in [0.5, 0.6) is 5.75 Å². The van der Waals surface area contributed by atoms with Gasteiger partial charge < -0.3 is 25.1 Å². The Kier molecular flexibility index (Phi) is 6.69. The zero-order chi connectivity index (χ0) is 20.8. The Morgan fingerprint density at radius 2 is 2.14 bits per heavy atom. The number of rotatable bonds is 8. The normalized spacial score (nSPS) is 10.9. The maximum Gasteiger partial charge on any atom is 0.292 e. The molecule has 3 N–H and O–H groups in total. The highest BCUT2D eigenvalue weighted by molar-refractivity contribution is 6.34. The summed E-state index contributed by atoms with van der Waals surface area (Å²) in [7, 11) is 4.06. The van der Waals surface area contributed by atoms with E-state index >= 15 is 0 Å². The van der Waals surface area contributed by atoms with E-state index in [9.17, 15) is 4.79 Å². The fourth-order valence-electron chi connectivity index (χ4n) is 2.57. The predicted molar refractivity (Wildman–Crippen MR) is 112 cm³/mol. The molecule has 0 aliphatic carbocycles. The molecule has 29 heavy (non-hydrogen) atoms. The third-order valence-corrected chi connectivity index (χ3v) is 4.35. The monoisotopic (exact) mass is 415 g/mol. The number of pyridine rings is 1. The van der Waals surface area contributed by atoms with Gasteiger partial charge in [0.2, 0.25) is 0 Å². The van der Waals surface area contributed by atoms with Gasteiger partial charge in [0.05, 0.1) is 29.2 Å². The molecule has 1 aromatic carbocycles. The molecule has 0 radical (unpaired) electrons. The van der Waals surface area contributed by atoms with Gasteiger partial charge in [0.1, 0.15) is 12.0 Å². The van der Waals surface area contributed by atoms with Gasteiger partial charge in [0, 0.05) is 12.1 Å². The third kappa shape index (κ3) is 5.69. The molecule has 1 amide bonds. The number of halogens is 1. The molecule has 0 saturated carbocycles. The summed E-state index contributed by atoms with van der Waals surface area (Å²) in [4.78, 5) is 22.6. The Bertz CT molecular complexity index is 973. The Balaban J connectivity index is 1.68. The first kappa shape index (κ1) is 20.6. The lowest BCUT2D eigenvalue weighted by atomic mass is 10.1. The number of hydrogen-bond donors (Lipinski definition) is 2. The number of amides is 1. The first-order valence-electron chi connectivity index (χ1n) is 8.98. The smallest absolute Gasteiger partial charge is 0.292 e. The summed E-state index contributed by atoms with van der Waals surface area (Å²) in [5, 5.41) is 3.09. The summed E-state index contributed by atoms with van der Waals surface area (Å²) < 4.78 is 10.6. The quantitative estimate of drug-likeness (QED) is 0.541. The van der Waals surface area contributed by atoms with E-state index in [4.69, 9.17) is 26.5 Å². The zero-order valence-electron chi connectivity index (χ0n) is 16.2. The predicted octanol–water partition coefficient (Wildman–Crippen LogP) is 3.56. The zero-order valence-corrected chi connectivity index (χ0v) is 16.9. The van der Waals surface area contributed by atoms with Gasteiger partial charge in [-0.05, 0) is 44.8 Å². The largest absolute Gasteiger partial charge is 0.492 e. The number of nitrogens with two attached hydrogens (primary N) is 1. The van der Waals surface area contributed by atoms with Crippen LogP contribution in [0.4, 0.5) is 11.7 Å². The minimum Gasteiger partial charge on any atom is -0.492 e. The molecule has 0 bridgehead atoms. The molecule has 0 fully saturated rings. The molecular formula is C20H22ClN5O3. The van der Waals surface area contributed by atoms with Crippen LogP contribution in [0.3, 0.4) is 0 Å². The molecule has 2 aromatic heterocycles. The Morgan fingerprint density at radius 1 is 1.31 bits per heavy atom. The van der Waals surface area contributed by atoms with Crippen molar-refractivity contribution in [3.63, 3.8) is 0 Å². The molecule has 0 aliphatic rings. The van der Waals surface area contributed by atoms with Gasteiger partial charge in [-0.25, -0.2) is 0 Å². The van der Waals surface area contributed by atoms with Gasteiger partial charge >= 0.3 is 0 Å². The molecular weight excluding hydrogens is 394 g/mol. The maximum atomic E-state index is 12.3. The number of anilines is 2. The highest BCUT2D eigenvalue weighted by Gasteiger charge is 2.14. The number of benzene rings is 1. The van der Waals surface area contributed by atoms with Crippen LogP contribution in [0.2, 0.25) is 5.02 Å². The van der Waals surface area contributed by atoms with Crippen LogP contribution >= 0.6 is 11.6 Å². The topological polar surface area (TPSA) is 107 Å². The van der Waals surface area contributed by atoms with Crippen molar-refractivity contribution in [1.29, 1.82) is 0 Å². The van der Waals surface area contributed by atoms with Crippen LogP contribution in [0.25, 0.3) is 11.3 Å². The highest BCUT2D eigenvalue weighted by Crippen LogP contribution is 2.29. The van der Waals surface area contributed by atoms with Gasteiger partial charge in [-0.15, -0.1) is 0 Å². The van der Waals surface area contributed by atoms with Crippen LogP contribution in [-0.4, -0.2) is 48.0 Å². The molecule has 152 valence electrons. The second kappa shape index (κ2) is 9.40. The van der Waals surface area contributed by atoms with Crippen LogP contribution in [0.1, 0.15) is 16.9 Å². The van der Waals surface area contributed by atoms with E-state index in [1.165, 1.54) is 6.26 Å². The van der Waals surface area contributed by atoms with E-state index in [-0.39, 0.29) is 11.7 Å². The lowest BCUT2D eigenvalue weighted by Crippen LogP contribution is -2.15. The minimum absolute atomic E-state index is 0.0675. The van der Waals surface area contributed by atoms with E-state index in [2.05, 4.69) is 20.2 Å². The van der Waals surface area contributed by atoms with Crippen molar-refractivity contribution in [2.45, 2.75) is 6.42 Å². The molecule has 2 heterocycles. The maximum absolute atomic E-state index is 12.3.